The van der Waals surface area contributed by atoms with Gasteiger partial charge in [0.1, 0.15) is 0 Å². The van der Waals surface area contributed by atoms with E-state index >= 15 is 0 Å². The first-order valence-corrected chi connectivity index (χ1v) is 3.90. The monoisotopic (exact) mass is 170 g/mol. The summed E-state index contributed by atoms with van der Waals surface area (Å²) in [6.45, 7) is 3.92. The van der Waals surface area contributed by atoms with Crippen LogP contribution in [0.1, 0.15) is 11.8 Å². The van der Waals surface area contributed by atoms with Crippen molar-refractivity contribution in [2.24, 2.45) is 5.73 Å². The Balaban J connectivity index is 2.41. The van der Waals surface area contributed by atoms with E-state index < -0.39 is 0 Å². The second kappa shape index (κ2) is 4.18. The van der Waals surface area contributed by atoms with Gasteiger partial charge in [-0.1, -0.05) is 0 Å². The van der Waals surface area contributed by atoms with Crippen LogP contribution in [-0.2, 0) is 6.54 Å². The molecule has 0 spiro atoms. The van der Waals surface area contributed by atoms with Crippen molar-refractivity contribution in [3.8, 4) is 0 Å². The molecule has 0 fully saturated rings. The minimum Gasteiger partial charge on any atom is -0.424 e. The molecular weight excluding hydrogens is 156 g/mol. The van der Waals surface area contributed by atoms with E-state index in [2.05, 4.69) is 10.2 Å². The van der Waals surface area contributed by atoms with Gasteiger partial charge in [-0.05, 0) is 7.05 Å². The van der Waals surface area contributed by atoms with E-state index in [1.165, 1.54) is 0 Å². The molecule has 1 aromatic heterocycles. The van der Waals surface area contributed by atoms with Crippen LogP contribution in [0.15, 0.2) is 4.42 Å². The van der Waals surface area contributed by atoms with Gasteiger partial charge in [0.05, 0.1) is 6.54 Å². The molecule has 0 aliphatic rings. The molecule has 5 nitrogen and oxygen atoms in total. The van der Waals surface area contributed by atoms with Crippen molar-refractivity contribution in [1.29, 1.82) is 0 Å². The Morgan fingerprint density at radius 1 is 1.50 bits per heavy atom. The van der Waals surface area contributed by atoms with Gasteiger partial charge in [0.25, 0.3) is 0 Å². The van der Waals surface area contributed by atoms with E-state index in [9.17, 15) is 0 Å². The Bertz CT molecular complexity index is 235. The Morgan fingerprint density at radius 3 is 2.75 bits per heavy atom. The van der Waals surface area contributed by atoms with E-state index in [0.29, 0.717) is 24.9 Å². The van der Waals surface area contributed by atoms with Crippen LogP contribution >= 0.6 is 0 Å². The fraction of sp³-hybridized carbons (Fsp3) is 0.714. The van der Waals surface area contributed by atoms with Crippen molar-refractivity contribution < 1.29 is 4.42 Å². The minimum absolute atomic E-state index is 0.603. The van der Waals surface area contributed by atoms with Gasteiger partial charge in [0, 0.05) is 20.0 Å². The summed E-state index contributed by atoms with van der Waals surface area (Å²) in [4.78, 5) is 2.03. The van der Waals surface area contributed by atoms with Crippen LogP contribution in [0, 0.1) is 6.92 Å². The van der Waals surface area contributed by atoms with Crippen LogP contribution in [0.3, 0.4) is 0 Å². The predicted molar refractivity (Wildman–Crippen MR) is 44.4 cm³/mol. The summed E-state index contributed by atoms with van der Waals surface area (Å²) in [6.07, 6.45) is 0. The SMILES string of the molecule is Cc1nnc(CN(C)CCN)o1. The lowest BCUT2D eigenvalue weighted by atomic mass is 10.5. The first kappa shape index (κ1) is 9.15. The summed E-state index contributed by atoms with van der Waals surface area (Å²) in [7, 11) is 1.96. The maximum Gasteiger partial charge on any atom is 0.230 e. The number of nitrogens with two attached hydrogens (primary N) is 1. The van der Waals surface area contributed by atoms with Gasteiger partial charge in [-0.25, -0.2) is 0 Å². The molecule has 1 heterocycles. The third-order valence-corrected chi connectivity index (χ3v) is 1.48. The Morgan fingerprint density at radius 2 is 2.25 bits per heavy atom. The van der Waals surface area contributed by atoms with Crippen LogP contribution in [0.25, 0.3) is 0 Å². The van der Waals surface area contributed by atoms with Gasteiger partial charge in [-0.15, -0.1) is 10.2 Å². The topological polar surface area (TPSA) is 68.2 Å². The van der Waals surface area contributed by atoms with Crippen molar-refractivity contribution in [2.45, 2.75) is 13.5 Å². The lowest BCUT2D eigenvalue weighted by Crippen LogP contribution is -2.25. The van der Waals surface area contributed by atoms with Crippen molar-refractivity contribution >= 4 is 0 Å². The molecule has 0 unspecified atom stereocenters. The Hall–Kier alpha value is -0.940. The molecule has 0 aliphatic heterocycles. The maximum absolute atomic E-state index is 5.38. The highest BCUT2D eigenvalue weighted by molar-refractivity contribution is 4.78. The van der Waals surface area contributed by atoms with Crippen LogP contribution in [0.4, 0.5) is 0 Å². The molecule has 2 N–H and O–H groups in total. The Kier molecular flexibility index (Phi) is 3.19. The van der Waals surface area contributed by atoms with Crippen molar-refractivity contribution in [2.75, 3.05) is 20.1 Å². The van der Waals surface area contributed by atoms with Crippen molar-refractivity contribution in [1.82, 2.24) is 15.1 Å². The zero-order valence-corrected chi connectivity index (χ0v) is 7.45. The van der Waals surface area contributed by atoms with Gasteiger partial charge in [0.15, 0.2) is 0 Å². The predicted octanol–water partition coefficient (Wildman–Crippen LogP) is -0.231. The average molecular weight is 170 g/mol. The zero-order valence-electron chi connectivity index (χ0n) is 7.45. The quantitative estimate of drug-likeness (QED) is 0.676. The molecule has 68 valence electrons. The largest absolute Gasteiger partial charge is 0.424 e. The molecule has 0 atom stereocenters. The van der Waals surface area contributed by atoms with Crippen LogP contribution < -0.4 is 5.73 Å². The molecule has 12 heavy (non-hydrogen) atoms. The van der Waals surface area contributed by atoms with E-state index in [0.717, 1.165) is 6.54 Å². The molecule has 5 heteroatoms. The lowest BCUT2D eigenvalue weighted by Gasteiger charge is -2.11. The summed E-state index contributed by atoms with van der Waals surface area (Å²) in [5.74, 6) is 1.24. The third-order valence-electron chi connectivity index (χ3n) is 1.48. The zero-order chi connectivity index (χ0) is 8.97. The Labute approximate surface area is 71.6 Å². The average Bonchev–Trinajstić information content (AvgIpc) is 2.36. The molecule has 0 aliphatic carbocycles. The van der Waals surface area contributed by atoms with Crippen molar-refractivity contribution in [3.63, 3.8) is 0 Å². The van der Waals surface area contributed by atoms with Crippen LogP contribution in [0.2, 0.25) is 0 Å². The molecule has 0 aromatic carbocycles. The van der Waals surface area contributed by atoms with Gasteiger partial charge < -0.3 is 10.2 Å². The fourth-order valence-electron chi connectivity index (χ4n) is 0.932. The van der Waals surface area contributed by atoms with Gasteiger partial charge >= 0.3 is 0 Å². The van der Waals surface area contributed by atoms with Gasteiger partial charge in [-0.3, -0.25) is 4.90 Å². The standard InChI is InChI=1S/C7H14N4O/c1-6-9-10-7(12-6)5-11(2)4-3-8/h3-5,8H2,1-2H3. The number of rotatable bonds is 4. The van der Waals surface area contributed by atoms with Crippen LogP contribution in [-0.4, -0.2) is 35.2 Å². The number of nitrogens with zero attached hydrogens (tertiary/aromatic N) is 3. The molecule has 1 rings (SSSR count). The van der Waals surface area contributed by atoms with E-state index in [1.54, 1.807) is 6.92 Å². The van der Waals surface area contributed by atoms with E-state index in [1.807, 2.05) is 11.9 Å². The first-order chi connectivity index (χ1) is 5.72. The normalized spacial score (nSPS) is 11.0. The molecule has 0 radical (unpaired) electrons. The summed E-state index contributed by atoms with van der Waals surface area (Å²) in [5, 5.41) is 7.59. The summed E-state index contributed by atoms with van der Waals surface area (Å²) in [5.41, 5.74) is 5.38. The summed E-state index contributed by atoms with van der Waals surface area (Å²) in [6, 6.07) is 0. The highest BCUT2D eigenvalue weighted by Crippen LogP contribution is 2.00. The molecule has 0 amide bonds. The lowest BCUT2D eigenvalue weighted by molar-refractivity contribution is 0.292. The molecular formula is C7H14N4O. The van der Waals surface area contributed by atoms with Crippen LogP contribution in [0.5, 0.6) is 0 Å². The second-order valence-corrected chi connectivity index (χ2v) is 2.74. The van der Waals surface area contributed by atoms with E-state index in [-0.39, 0.29) is 0 Å². The minimum atomic E-state index is 0.603. The second-order valence-electron chi connectivity index (χ2n) is 2.74. The van der Waals surface area contributed by atoms with Gasteiger partial charge in [0.2, 0.25) is 11.8 Å². The van der Waals surface area contributed by atoms with Gasteiger partial charge in [-0.2, -0.15) is 0 Å². The third kappa shape index (κ3) is 2.60. The number of hydrogen-bond donors (Lipinski definition) is 1. The number of hydrogen-bond acceptors (Lipinski definition) is 5. The summed E-state index contributed by atoms with van der Waals surface area (Å²) < 4.78 is 5.20. The fourth-order valence-corrected chi connectivity index (χ4v) is 0.932. The number of aryl methyl sites for hydroxylation is 1. The van der Waals surface area contributed by atoms with Crippen molar-refractivity contribution in [3.05, 3.63) is 11.8 Å². The molecule has 0 saturated carbocycles. The molecule has 1 aromatic rings. The molecule has 0 saturated heterocycles. The number of aromatic nitrogens is 2. The highest BCUT2D eigenvalue weighted by Gasteiger charge is 2.04. The first-order valence-electron chi connectivity index (χ1n) is 3.90. The highest BCUT2D eigenvalue weighted by atomic mass is 16.4. The summed E-state index contributed by atoms with van der Waals surface area (Å²) >= 11 is 0. The molecule has 0 bridgehead atoms. The smallest absolute Gasteiger partial charge is 0.230 e. The number of likely N-dealkylation sites (N-methyl/N-ethyl adjacent to an activating group) is 1. The van der Waals surface area contributed by atoms with E-state index in [4.69, 9.17) is 10.2 Å². The maximum atomic E-state index is 5.38.